The van der Waals surface area contributed by atoms with E-state index in [-0.39, 0.29) is 0 Å². The molecule has 1 heterocycles. The lowest BCUT2D eigenvalue weighted by Gasteiger charge is -2.14. The summed E-state index contributed by atoms with van der Waals surface area (Å²) in [6.45, 7) is 2.39. The van der Waals surface area contributed by atoms with Crippen LogP contribution in [0.25, 0.3) is 0 Å². The molecule has 0 aliphatic carbocycles. The minimum Gasteiger partial charge on any atom is -0.488 e. The largest absolute Gasteiger partial charge is 0.488 e. The number of aryl methyl sites for hydroxylation is 1. The van der Waals surface area contributed by atoms with Crippen LogP contribution in [-0.4, -0.2) is 12.1 Å². The van der Waals surface area contributed by atoms with Crippen molar-refractivity contribution in [3.8, 4) is 11.6 Å². The standard InChI is InChI=1S/C15H15BrClNO2/c1-10-6-13(16)7-12(8-17)14(10)20-9-11-4-3-5-18-15(11)19-2/h3-7H,8-9H2,1-2H3. The van der Waals surface area contributed by atoms with Crippen LogP contribution in [0.3, 0.4) is 0 Å². The molecule has 0 saturated carbocycles. The van der Waals surface area contributed by atoms with Gasteiger partial charge in [-0.2, -0.15) is 0 Å². The number of methoxy groups -OCH3 is 1. The molecular weight excluding hydrogens is 342 g/mol. The van der Waals surface area contributed by atoms with Crippen molar-refractivity contribution < 1.29 is 9.47 Å². The number of hydrogen-bond donors (Lipinski definition) is 0. The number of rotatable bonds is 5. The highest BCUT2D eigenvalue weighted by Gasteiger charge is 2.10. The van der Waals surface area contributed by atoms with Gasteiger partial charge in [0.15, 0.2) is 0 Å². The van der Waals surface area contributed by atoms with Gasteiger partial charge in [0.1, 0.15) is 12.4 Å². The number of aromatic nitrogens is 1. The van der Waals surface area contributed by atoms with Crippen molar-refractivity contribution in [1.29, 1.82) is 0 Å². The molecule has 0 N–H and O–H groups in total. The third kappa shape index (κ3) is 3.44. The third-order valence-corrected chi connectivity index (χ3v) is 3.62. The molecule has 0 amide bonds. The first-order valence-electron chi connectivity index (χ1n) is 6.11. The number of nitrogens with zero attached hydrogens (tertiary/aromatic N) is 1. The number of halogens is 2. The molecule has 20 heavy (non-hydrogen) atoms. The van der Waals surface area contributed by atoms with E-state index in [1.165, 1.54) is 0 Å². The molecule has 0 bridgehead atoms. The molecule has 0 fully saturated rings. The van der Waals surface area contributed by atoms with E-state index in [1.54, 1.807) is 13.3 Å². The van der Waals surface area contributed by atoms with Crippen molar-refractivity contribution >= 4 is 27.5 Å². The Morgan fingerprint density at radius 3 is 2.80 bits per heavy atom. The highest BCUT2D eigenvalue weighted by Crippen LogP contribution is 2.30. The molecule has 0 unspecified atom stereocenters. The summed E-state index contributed by atoms with van der Waals surface area (Å²) in [4.78, 5) is 4.15. The molecular formula is C15H15BrClNO2. The van der Waals surface area contributed by atoms with E-state index < -0.39 is 0 Å². The van der Waals surface area contributed by atoms with E-state index in [2.05, 4.69) is 20.9 Å². The van der Waals surface area contributed by atoms with Crippen LogP contribution in [0.1, 0.15) is 16.7 Å². The Bertz CT molecular complexity index is 604. The maximum absolute atomic E-state index is 5.98. The monoisotopic (exact) mass is 355 g/mol. The maximum atomic E-state index is 5.98. The normalized spacial score (nSPS) is 10.4. The molecule has 2 rings (SSSR count). The van der Waals surface area contributed by atoms with Crippen molar-refractivity contribution in [3.63, 3.8) is 0 Å². The number of alkyl halides is 1. The van der Waals surface area contributed by atoms with Crippen molar-refractivity contribution in [1.82, 2.24) is 4.98 Å². The van der Waals surface area contributed by atoms with Gasteiger partial charge in [-0.15, -0.1) is 11.6 Å². The Morgan fingerprint density at radius 1 is 1.30 bits per heavy atom. The van der Waals surface area contributed by atoms with Crippen LogP contribution in [0.15, 0.2) is 34.9 Å². The Hall–Kier alpha value is -1.26. The van der Waals surface area contributed by atoms with Gasteiger partial charge in [-0.25, -0.2) is 4.98 Å². The number of benzene rings is 1. The summed E-state index contributed by atoms with van der Waals surface area (Å²) in [5, 5.41) is 0. The van der Waals surface area contributed by atoms with Gasteiger partial charge in [0.25, 0.3) is 0 Å². The Morgan fingerprint density at radius 2 is 2.10 bits per heavy atom. The summed E-state index contributed by atoms with van der Waals surface area (Å²) in [6.07, 6.45) is 1.69. The molecule has 0 radical (unpaired) electrons. The maximum Gasteiger partial charge on any atom is 0.219 e. The predicted octanol–water partition coefficient (Wildman–Crippen LogP) is 4.48. The first-order chi connectivity index (χ1) is 9.65. The summed E-state index contributed by atoms with van der Waals surface area (Å²) in [6, 6.07) is 7.76. The van der Waals surface area contributed by atoms with Crippen molar-refractivity contribution in [2.24, 2.45) is 0 Å². The van der Waals surface area contributed by atoms with Crippen LogP contribution in [0.2, 0.25) is 0 Å². The fraction of sp³-hybridized carbons (Fsp3) is 0.267. The Balaban J connectivity index is 2.23. The fourth-order valence-corrected chi connectivity index (χ4v) is 2.79. The topological polar surface area (TPSA) is 31.4 Å². The Labute approximate surface area is 132 Å². The highest BCUT2D eigenvalue weighted by molar-refractivity contribution is 9.10. The van der Waals surface area contributed by atoms with Crippen LogP contribution in [-0.2, 0) is 12.5 Å². The number of ether oxygens (including phenoxy) is 2. The molecule has 0 aliphatic rings. The SMILES string of the molecule is COc1ncccc1COc1c(C)cc(Br)cc1CCl. The van der Waals surface area contributed by atoms with E-state index in [0.29, 0.717) is 18.4 Å². The summed E-state index contributed by atoms with van der Waals surface area (Å²) in [5.41, 5.74) is 2.90. The van der Waals surface area contributed by atoms with Crippen LogP contribution in [0, 0.1) is 6.92 Å². The summed E-state index contributed by atoms with van der Waals surface area (Å²) >= 11 is 9.44. The van der Waals surface area contributed by atoms with Gasteiger partial charge >= 0.3 is 0 Å². The molecule has 1 aromatic heterocycles. The lowest BCUT2D eigenvalue weighted by Crippen LogP contribution is -2.03. The molecule has 0 saturated heterocycles. The van der Waals surface area contributed by atoms with E-state index >= 15 is 0 Å². The van der Waals surface area contributed by atoms with Crippen molar-refractivity contribution in [3.05, 3.63) is 51.6 Å². The molecule has 1 aromatic carbocycles. The summed E-state index contributed by atoms with van der Waals surface area (Å²) < 4.78 is 12.1. The first kappa shape index (κ1) is 15.1. The zero-order chi connectivity index (χ0) is 14.5. The molecule has 0 atom stereocenters. The highest BCUT2D eigenvalue weighted by atomic mass is 79.9. The fourth-order valence-electron chi connectivity index (χ4n) is 1.97. The second kappa shape index (κ2) is 6.95. The molecule has 0 spiro atoms. The molecule has 0 aliphatic heterocycles. The first-order valence-corrected chi connectivity index (χ1v) is 7.44. The van der Waals surface area contributed by atoms with E-state index in [4.69, 9.17) is 21.1 Å². The molecule has 3 nitrogen and oxygen atoms in total. The van der Waals surface area contributed by atoms with Gasteiger partial charge < -0.3 is 9.47 Å². The predicted molar refractivity (Wildman–Crippen MR) is 83.6 cm³/mol. The number of hydrogen-bond acceptors (Lipinski definition) is 3. The minimum atomic E-state index is 0.392. The summed E-state index contributed by atoms with van der Waals surface area (Å²) in [5.74, 6) is 1.79. The lowest BCUT2D eigenvalue weighted by molar-refractivity contribution is 0.290. The van der Waals surface area contributed by atoms with Crippen LogP contribution in [0.5, 0.6) is 11.6 Å². The third-order valence-electron chi connectivity index (χ3n) is 2.88. The second-order valence-electron chi connectivity index (χ2n) is 4.31. The average molecular weight is 357 g/mol. The summed E-state index contributed by atoms with van der Waals surface area (Å²) in [7, 11) is 1.60. The zero-order valence-electron chi connectivity index (χ0n) is 11.3. The van der Waals surface area contributed by atoms with E-state index in [9.17, 15) is 0 Å². The average Bonchev–Trinajstić information content (AvgIpc) is 2.45. The van der Waals surface area contributed by atoms with Crippen LogP contribution >= 0.6 is 27.5 Å². The second-order valence-corrected chi connectivity index (χ2v) is 5.49. The van der Waals surface area contributed by atoms with E-state index in [1.807, 2.05) is 31.2 Å². The Kier molecular flexibility index (Phi) is 5.26. The van der Waals surface area contributed by atoms with Gasteiger partial charge in [0, 0.05) is 16.2 Å². The molecule has 2 aromatic rings. The quantitative estimate of drug-likeness (QED) is 0.740. The van der Waals surface area contributed by atoms with Gasteiger partial charge in [-0.05, 0) is 36.8 Å². The van der Waals surface area contributed by atoms with Crippen molar-refractivity contribution in [2.45, 2.75) is 19.4 Å². The smallest absolute Gasteiger partial charge is 0.219 e. The van der Waals surface area contributed by atoms with Gasteiger partial charge in [0.05, 0.1) is 18.6 Å². The van der Waals surface area contributed by atoms with Crippen LogP contribution in [0.4, 0.5) is 0 Å². The van der Waals surface area contributed by atoms with Gasteiger partial charge in [0.2, 0.25) is 5.88 Å². The van der Waals surface area contributed by atoms with Gasteiger partial charge in [-0.1, -0.05) is 15.9 Å². The number of pyridine rings is 1. The molecule has 106 valence electrons. The van der Waals surface area contributed by atoms with Gasteiger partial charge in [-0.3, -0.25) is 0 Å². The molecule has 5 heteroatoms. The van der Waals surface area contributed by atoms with Crippen LogP contribution < -0.4 is 9.47 Å². The van der Waals surface area contributed by atoms with Crippen molar-refractivity contribution in [2.75, 3.05) is 7.11 Å². The minimum absolute atomic E-state index is 0.392. The zero-order valence-corrected chi connectivity index (χ0v) is 13.7. The van der Waals surface area contributed by atoms with E-state index in [0.717, 1.165) is 26.9 Å². The lowest BCUT2D eigenvalue weighted by atomic mass is 10.1.